The molecule has 14 nitrogen and oxygen atoms in total. The number of halogens is 2. The number of aromatic nitrogens is 2. The zero-order valence-electron chi connectivity index (χ0n) is 29.4. The van der Waals surface area contributed by atoms with E-state index < -0.39 is 66.0 Å². The predicted molar refractivity (Wildman–Crippen MR) is 190 cm³/mol. The molecule has 1 saturated heterocycles. The van der Waals surface area contributed by atoms with Gasteiger partial charge in [0.1, 0.15) is 23.5 Å². The number of H-pyrrole nitrogens is 1. The minimum atomic E-state index is -5.48. The fourth-order valence-electron chi connectivity index (χ4n) is 5.51. The number of nitrogens with one attached hydrogen (secondary N) is 1. The highest BCUT2D eigenvalue weighted by Gasteiger charge is 2.44. The van der Waals surface area contributed by atoms with Crippen LogP contribution in [0.2, 0.25) is 5.02 Å². The Labute approximate surface area is 299 Å². The number of unbranched alkanes of at least 4 members (excludes halogenated alkanes) is 16. The number of aromatic amines is 1. The molecule has 0 radical (unpaired) electrons. The third-order valence-corrected chi connectivity index (χ3v) is 14.0. The molecule has 0 amide bonds. The predicted octanol–water partition coefficient (Wildman–Crippen LogP) is 9.34. The van der Waals surface area contributed by atoms with Crippen LogP contribution >= 0.6 is 34.8 Å². The fraction of sp³-hybridized carbons (Fsp3) is 0.871. The lowest BCUT2D eigenvalue weighted by atomic mass is 10.0. The molecule has 2 rings (SSSR count). The molecule has 0 saturated carbocycles. The Morgan fingerprint density at radius 2 is 1.34 bits per heavy atom. The molecule has 1 fully saturated rings. The van der Waals surface area contributed by atoms with Crippen molar-refractivity contribution in [1.82, 2.24) is 9.55 Å². The molecule has 292 valence electrons. The molecule has 0 bridgehead atoms. The summed E-state index contributed by atoms with van der Waals surface area (Å²) in [5.41, 5.74) is -1.76. The first-order chi connectivity index (χ1) is 23.7. The van der Waals surface area contributed by atoms with Crippen LogP contribution in [0.5, 0.6) is 0 Å². The smallest absolute Gasteiger partial charge is 0.349 e. The number of ether oxygens (including phenoxy) is 1. The molecule has 6 atom stereocenters. The van der Waals surface area contributed by atoms with Gasteiger partial charge in [-0.25, -0.2) is 22.6 Å². The van der Waals surface area contributed by atoms with E-state index in [1.165, 1.54) is 64.2 Å². The summed E-state index contributed by atoms with van der Waals surface area (Å²) in [6, 6.07) is 0. The second-order valence-electron chi connectivity index (χ2n) is 12.7. The van der Waals surface area contributed by atoms with Gasteiger partial charge in [-0.1, -0.05) is 128 Å². The summed E-state index contributed by atoms with van der Waals surface area (Å²) in [4.78, 5) is 45.9. The van der Waals surface area contributed by atoms with Gasteiger partial charge in [-0.2, -0.15) is 4.31 Å². The van der Waals surface area contributed by atoms with Crippen molar-refractivity contribution in [1.29, 1.82) is 0 Å². The average Bonchev–Trinajstić information content (AvgIpc) is 3.40. The van der Waals surface area contributed by atoms with Crippen LogP contribution in [0.4, 0.5) is 4.39 Å². The molecular weight excluding hydrogens is 740 g/mol. The van der Waals surface area contributed by atoms with Crippen LogP contribution in [0.15, 0.2) is 15.8 Å². The van der Waals surface area contributed by atoms with Gasteiger partial charge in [-0.15, -0.1) is 0 Å². The number of hydrogen-bond acceptors (Lipinski definition) is 10. The van der Waals surface area contributed by atoms with Crippen molar-refractivity contribution in [3.05, 3.63) is 32.1 Å². The molecule has 50 heavy (non-hydrogen) atoms. The Kier molecular flexibility index (Phi) is 21.7. The van der Waals surface area contributed by atoms with Gasteiger partial charge in [-0.3, -0.25) is 23.4 Å². The first-order valence-electron chi connectivity index (χ1n) is 18.0. The molecule has 1 aromatic heterocycles. The summed E-state index contributed by atoms with van der Waals surface area (Å²) in [6.45, 7) is 3.15. The fourth-order valence-corrected chi connectivity index (χ4v) is 10.5. The van der Waals surface area contributed by atoms with Crippen molar-refractivity contribution in [2.45, 2.75) is 154 Å². The molecule has 2 heterocycles. The van der Waals surface area contributed by atoms with Gasteiger partial charge in [0.05, 0.1) is 19.4 Å². The third-order valence-electron chi connectivity index (χ3n) is 8.30. The minimum absolute atomic E-state index is 0.0262. The van der Waals surface area contributed by atoms with Gasteiger partial charge in [0.15, 0.2) is 0 Å². The van der Waals surface area contributed by atoms with Gasteiger partial charge in [0, 0.05) is 12.6 Å². The molecule has 0 aliphatic carbocycles. The highest BCUT2D eigenvalue weighted by molar-refractivity contribution is 7.68. The lowest BCUT2D eigenvalue weighted by molar-refractivity contribution is -0.0349. The lowest BCUT2D eigenvalue weighted by Gasteiger charge is -2.22. The topological polar surface area (TPSA) is 193 Å². The Hall–Kier alpha value is -0.690. The second kappa shape index (κ2) is 23.9. The minimum Gasteiger partial charge on any atom is -0.349 e. The molecule has 1 aliphatic rings. The maximum Gasteiger partial charge on any atom is 0.488 e. The van der Waals surface area contributed by atoms with Crippen LogP contribution < -0.4 is 11.2 Å². The quantitative estimate of drug-likeness (QED) is 0.0515. The van der Waals surface area contributed by atoms with E-state index in [9.17, 15) is 37.5 Å². The molecular formula is C31H57ClFN2O12P3. The van der Waals surface area contributed by atoms with Crippen molar-refractivity contribution < 1.29 is 50.3 Å². The van der Waals surface area contributed by atoms with E-state index in [-0.39, 0.29) is 17.8 Å². The average molecular weight is 797 g/mol. The Bertz CT molecular complexity index is 1380. The number of rotatable bonds is 29. The van der Waals surface area contributed by atoms with E-state index in [0.717, 1.165) is 36.4 Å². The van der Waals surface area contributed by atoms with Gasteiger partial charge >= 0.3 is 28.9 Å². The van der Waals surface area contributed by atoms with Gasteiger partial charge in [-0.05, 0) is 12.8 Å². The normalized spacial score (nSPS) is 21.5. The van der Waals surface area contributed by atoms with Crippen LogP contribution in [0.1, 0.15) is 142 Å². The van der Waals surface area contributed by atoms with Crippen molar-refractivity contribution in [3.63, 3.8) is 0 Å². The van der Waals surface area contributed by atoms with Crippen molar-refractivity contribution in [2.24, 2.45) is 0 Å². The summed E-state index contributed by atoms with van der Waals surface area (Å²) in [5.74, 6) is 0. The van der Waals surface area contributed by atoms with E-state index in [0.29, 0.717) is 25.7 Å². The third kappa shape index (κ3) is 18.4. The van der Waals surface area contributed by atoms with Crippen LogP contribution in [0.25, 0.3) is 0 Å². The van der Waals surface area contributed by atoms with E-state index in [1.807, 2.05) is 11.9 Å². The van der Waals surface area contributed by atoms with E-state index in [1.54, 1.807) is 0 Å². The standard InChI is InChI=1S/C31H57ClFN2O12P3/c1-3-5-7-8-9-10-11-12-13-14-15-16-17-18-19-20-22-48(38,43-21-6-4-2)46-50(41,42)47-49(39,40)44-25-28-27(33)23-29(45-28)35-24-26(32)30(36)34-31(35)37/h24,27-29H,3-23,25H2,1-2H3,(H,39,40)(H,41,42)(H,34,36,37)/t27?,28-,29-,48?/m1/s1. The Morgan fingerprint density at radius 3 is 1.88 bits per heavy atom. The van der Waals surface area contributed by atoms with Crippen molar-refractivity contribution >= 4 is 34.8 Å². The van der Waals surface area contributed by atoms with E-state index in [2.05, 4.69) is 11.2 Å². The van der Waals surface area contributed by atoms with Crippen LogP contribution in [0.3, 0.4) is 0 Å². The summed E-state index contributed by atoms with van der Waals surface area (Å²) in [5, 5.41) is -0.346. The Morgan fingerprint density at radius 1 is 0.820 bits per heavy atom. The van der Waals surface area contributed by atoms with Gasteiger partial charge in [0.2, 0.25) is 0 Å². The number of phosphoric acid groups is 2. The van der Waals surface area contributed by atoms with Crippen LogP contribution in [0, 0.1) is 0 Å². The second-order valence-corrected chi connectivity index (χ2v) is 18.5. The SMILES string of the molecule is CCCCCCCCCCCCCCCCCCP(=O)(OCCCC)OP(=O)(O)OP(=O)(O)OC[C@H]1O[C@@H](n2cc(Cl)c(=O)[nH]c2=O)CC1F. The van der Waals surface area contributed by atoms with E-state index >= 15 is 0 Å². The monoisotopic (exact) mass is 796 g/mol. The van der Waals surface area contributed by atoms with Crippen molar-refractivity contribution in [3.8, 4) is 0 Å². The maximum atomic E-state index is 14.6. The molecule has 3 N–H and O–H groups in total. The molecule has 1 aliphatic heterocycles. The molecule has 0 aromatic carbocycles. The van der Waals surface area contributed by atoms with Crippen LogP contribution in [-0.4, -0.2) is 51.0 Å². The zero-order chi connectivity index (χ0) is 37.0. The largest absolute Gasteiger partial charge is 0.488 e. The maximum absolute atomic E-state index is 14.6. The molecule has 4 unspecified atom stereocenters. The van der Waals surface area contributed by atoms with Gasteiger partial charge in [0.25, 0.3) is 5.56 Å². The summed E-state index contributed by atoms with van der Waals surface area (Å²) >= 11 is 5.74. The highest BCUT2D eigenvalue weighted by Crippen LogP contribution is 2.69. The number of nitrogens with zero attached hydrogens (tertiary/aromatic N) is 1. The summed E-state index contributed by atoms with van der Waals surface area (Å²) in [7, 11) is -15.1. The molecule has 1 aromatic rings. The Balaban J connectivity index is 1.75. The first kappa shape index (κ1) is 45.5. The van der Waals surface area contributed by atoms with Crippen molar-refractivity contribution in [2.75, 3.05) is 19.4 Å². The molecule has 0 spiro atoms. The zero-order valence-corrected chi connectivity index (χ0v) is 32.8. The number of hydrogen-bond donors (Lipinski definition) is 3. The number of alkyl halides is 1. The summed E-state index contributed by atoms with van der Waals surface area (Å²) < 4.78 is 78.8. The summed E-state index contributed by atoms with van der Waals surface area (Å²) in [6.07, 6.45) is 15.2. The van der Waals surface area contributed by atoms with Crippen LogP contribution in [-0.2, 0) is 36.1 Å². The van der Waals surface area contributed by atoms with E-state index in [4.69, 9.17) is 29.7 Å². The van der Waals surface area contributed by atoms with Gasteiger partial charge < -0.3 is 19.0 Å². The number of phosphoric ester groups is 1. The highest BCUT2D eigenvalue weighted by atomic mass is 35.5. The lowest BCUT2D eigenvalue weighted by Crippen LogP contribution is -2.32. The molecule has 19 heteroatoms. The first-order valence-corrected chi connectivity index (χ1v) is 23.1.